The standard InChI is InChI=1S/C13H16/c1-4-8-11(3)13-10-7-6-9-12(13)5-2/h5-10H,2,4H2,1,3H3. The molecule has 0 spiro atoms. The van der Waals surface area contributed by atoms with Gasteiger partial charge in [-0.1, -0.05) is 49.9 Å². The normalized spacial score (nSPS) is 11.4. The summed E-state index contributed by atoms with van der Waals surface area (Å²) in [6, 6.07) is 8.34. The molecule has 68 valence electrons. The van der Waals surface area contributed by atoms with Crippen molar-refractivity contribution in [2.75, 3.05) is 0 Å². The van der Waals surface area contributed by atoms with Crippen molar-refractivity contribution < 1.29 is 0 Å². The van der Waals surface area contributed by atoms with Crippen LogP contribution in [0.15, 0.2) is 36.9 Å². The fourth-order valence-corrected chi connectivity index (χ4v) is 1.45. The van der Waals surface area contributed by atoms with E-state index >= 15 is 0 Å². The van der Waals surface area contributed by atoms with Crippen molar-refractivity contribution in [2.45, 2.75) is 20.3 Å². The van der Waals surface area contributed by atoms with Gasteiger partial charge < -0.3 is 0 Å². The first-order chi connectivity index (χ1) is 6.29. The lowest BCUT2D eigenvalue weighted by Crippen LogP contribution is -1.84. The molecule has 0 saturated heterocycles. The minimum atomic E-state index is 1.08. The summed E-state index contributed by atoms with van der Waals surface area (Å²) in [6.45, 7) is 8.10. The molecule has 13 heavy (non-hydrogen) atoms. The quantitative estimate of drug-likeness (QED) is 0.642. The lowest BCUT2D eigenvalue weighted by atomic mass is 10.0. The van der Waals surface area contributed by atoms with Gasteiger partial charge in [-0.2, -0.15) is 0 Å². The SMILES string of the molecule is C=Cc1ccccc1C(C)=CCC. The van der Waals surface area contributed by atoms with Crippen molar-refractivity contribution in [3.63, 3.8) is 0 Å². The van der Waals surface area contributed by atoms with E-state index in [-0.39, 0.29) is 0 Å². The molecule has 0 nitrogen and oxygen atoms in total. The second kappa shape index (κ2) is 4.66. The summed E-state index contributed by atoms with van der Waals surface area (Å²) < 4.78 is 0. The average molecular weight is 172 g/mol. The zero-order chi connectivity index (χ0) is 9.68. The van der Waals surface area contributed by atoms with Crippen LogP contribution in [0.1, 0.15) is 31.4 Å². The molecule has 0 N–H and O–H groups in total. The summed E-state index contributed by atoms with van der Waals surface area (Å²) in [5.41, 5.74) is 3.84. The van der Waals surface area contributed by atoms with E-state index in [1.54, 1.807) is 0 Å². The molecule has 0 aromatic heterocycles. The average Bonchev–Trinajstić information content (AvgIpc) is 2.18. The third-order valence-electron chi connectivity index (χ3n) is 2.12. The van der Waals surface area contributed by atoms with Crippen LogP contribution >= 0.6 is 0 Å². The largest absolute Gasteiger partial charge is 0.0984 e. The molecule has 0 aliphatic carbocycles. The van der Waals surface area contributed by atoms with Gasteiger partial charge in [0.05, 0.1) is 0 Å². The van der Waals surface area contributed by atoms with Crippen LogP contribution in [0, 0.1) is 0 Å². The Bertz CT molecular complexity index is 319. The number of benzene rings is 1. The molecule has 0 aliphatic rings. The number of hydrogen-bond acceptors (Lipinski definition) is 0. The summed E-state index contributed by atoms with van der Waals surface area (Å²) in [6.07, 6.45) is 5.22. The van der Waals surface area contributed by atoms with Crippen molar-refractivity contribution in [1.29, 1.82) is 0 Å². The van der Waals surface area contributed by atoms with Crippen LogP contribution in [-0.2, 0) is 0 Å². The van der Waals surface area contributed by atoms with Crippen LogP contribution in [0.5, 0.6) is 0 Å². The lowest BCUT2D eigenvalue weighted by Gasteiger charge is -2.05. The van der Waals surface area contributed by atoms with E-state index in [4.69, 9.17) is 0 Å². The molecule has 0 atom stereocenters. The zero-order valence-corrected chi connectivity index (χ0v) is 8.38. The lowest BCUT2D eigenvalue weighted by molar-refractivity contribution is 1.22. The third-order valence-corrected chi connectivity index (χ3v) is 2.12. The van der Waals surface area contributed by atoms with Crippen molar-refractivity contribution in [2.24, 2.45) is 0 Å². The molecule has 1 aromatic carbocycles. The van der Waals surface area contributed by atoms with Crippen LogP contribution in [-0.4, -0.2) is 0 Å². The topological polar surface area (TPSA) is 0 Å². The molecule has 1 rings (SSSR count). The summed E-state index contributed by atoms with van der Waals surface area (Å²) in [7, 11) is 0. The molecular weight excluding hydrogens is 156 g/mol. The second-order valence-corrected chi connectivity index (χ2v) is 3.09. The summed E-state index contributed by atoms with van der Waals surface area (Å²) in [5, 5.41) is 0. The van der Waals surface area contributed by atoms with Crippen LogP contribution in [0.2, 0.25) is 0 Å². The summed E-state index contributed by atoms with van der Waals surface area (Å²) >= 11 is 0. The number of hydrogen-bond donors (Lipinski definition) is 0. The van der Waals surface area contributed by atoms with Crippen LogP contribution in [0.4, 0.5) is 0 Å². The summed E-state index contributed by atoms with van der Waals surface area (Å²) in [4.78, 5) is 0. The van der Waals surface area contributed by atoms with Crippen molar-refractivity contribution >= 4 is 11.6 Å². The maximum atomic E-state index is 3.81. The minimum absolute atomic E-state index is 1.08. The molecule has 0 amide bonds. The first-order valence-corrected chi connectivity index (χ1v) is 4.68. The zero-order valence-electron chi connectivity index (χ0n) is 8.38. The van der Waals surface area contributed by atoms with E-state index in [2.05, 4.69) is 44.7 Å². The Morgan fingerprint density at radius 1 is 1.38 bits per heavy atom. The fourth-order valence-electron chi connectivity index (χ4n) is 1.45. The molecule has 0 bridgehead atoms. The van der Waals surface area contributed by atoms with Gasteiger partial charge in [0, 0.05) is 0 Å². The van der Waals surface area contributed by atoms with Gasteiger partial charge in [0.1, 0.15) is 0 Å². The Balaban J connectivity index is 3.12. The van der Waals surface area contributed by atoms with Gasteiger partial charge in [0.25, 0.3) is 0 Å². The van der Waals surface area contributed by atoms with E-state index < -0.39 is 0 Å². The Morgan fingerprint density at radius 2 is 2.08 bits per heavy atom. The maximum Gasteiger partial charge on any atom is -0.0158 e. The van der Waals surface area contributed by atoms with E-state index in [0.717, 1.165) is 6.42 Å². The first kappa shape index (κ1) is 9.79. The van der Waals surface area contributed by atoms with Gasteiger partial charge in [0.2, 0.25) is 0 Å². The van der Waals surface area contributed by atoms with E-state index in [0.29, 0.717) is 0 Å². The predicted octanol–water partition coefficient (Wildman–Crippen LogP) is 4.14. The molecule has 1 aromatic rings. The van der Waals surface area contributed by atoms with Gasteiger partial charge >= 0.3 is 0 Å². The first-order valence-electron chi connectivity index (χ1n) is 4.68. The highest BCUT2D eigenvalue weighted by Crippen LogP contribution is 2.19. The molecule has 0 saturated carbocycles. The molecular formula is C13H16. The molecule has 0 heteroatoms. The Labute approximate surface area is 80.6 Å². The molecule has 0 heterocycles. The summed E-state index contributed by atoms with van der Waals surface area (Å²) in [5.74, 6) is 0. The highest BCUT2D eigenvalue weighted by Gasteiger charge is 1.98. The van der Waals surface area contributed by atoms with Crippen LogP contribution < -0.4 is 0 Å². The monoisotopic (exact) mass is 172 g/mol. The molecule has 0 fully saturated rings. The van der Waals surface area contributed by atoms with Crippen molar-refractivity contribution in [3.05, 3.63) is 48.0 Å². The minimum Gasteiger partial charge on any atom is -0.0984 e. The highest BCUT2D eigenvalue weighted by molar-refractivity contribution is 5.72. The van der Waals surface area contributed by atoms with E-state index in [1.165, 1.54) is 16.7 Å². The van der Waals surface area contributed by atoms with Gasteiger partial charge in [-0.15, -0.1) is 0 Å². The molecule has 0 aliphatic heterocycles. The highest BCUT2D eigenvalue weighted by atomic mass is 14.0. The molecule has 0 radical (unpaired) electrons. The van der Waals surface area contributed by atoms with Gasteiger partial charge in [-0.25, -0.2) is 0 Å². The fraction of sp³-hybridized carbons (Fsp3) is 0.231. The van der Waals surface area contributed by atoms with Gasteiger partial charge in [0.15, 0.2) is 0 Å². The van der Waals surface area contributed by atoms with Crippen LogP contribution in [0.25, 0.3) is 11.6 Å². The van der Waals surface area contributed by atoms with Crippen molar-refractivity contribution in [1.82, 2.24) is 0 Å². The van der Waals surface area contributed by atoms with E-state index in [9.17, 15) is 0 Å². The maximum absolute atomic E-state index is 3.81. The Kier molecular flexibility index (Phi) is 3.51. The van der Waals surface area contributed by atoms with Crippen molar-refractivity contribution in [3.8, 4) is 0 Å². The van der Waals surface area contributed by atoms with Gasteiger partial charge in [-0.3, -0.25) is 0 Å². The van der Waals surface area contributed by atoms with Crippen LogP contribution in [0.3, 0.4) is 0 Å². The van der Waals surface area contributed by atoms with Gasteiger partial charge in [-0.05, 0) is 30.0 Å². The number of rotatable bonds is 3. The predicted molar refractivity (Wildman–Crippen MR) is 60.5 cm³/mol. The Hall–Kier alpha value is -1.30. The second-order valence-electron chi connectivity index (χ2n) is 3.09. The third kappa shape index (κ3) is 2.32. The molecule has 0 unspecified atom stereocenters. The Morgan fingerprint density at radius 3 is 2.69 bits per heavy atom. The number of allylic oxidation sites excluding steroid dienone is 2. The van der Waals surface area contributed by atoms with E-state index in [1.807, 2.05) is 12.1 Å². The smallest absolute Gasteiger partial charge is 0.0158 e.